The van der Waals surface area contributed by atoms with Crippen LogP contribution in [0.1, 0.15) is 107 Å². The van der Waals surface area contributed by atoms with Crippen LogP contribution in [-0.2, 0) is 9.47 Å². The maximum Gasteiger partial charge on any atom is 0.410 e. The molecular weight excluding hydrogens is 1110 g/mol. The maximum atomic E-state index is 14.0. The van der Waals surface area contributed by atoms with Crippen LogP contribution in [0.2, 0.25) is 0 Å². The van der Waals surface area contributed by atoms with Crippen molar-refractivity contribution in [1.82, 2.24) is 60.3 Å². The fourth-order valence-electron chi connectivity index (χ4n) is 9.71. The molecule has 0 aliphatic heterocycles. The third-order valence-corrected chi connectivity index (χ3v) is 13.6. The molecule has 8 rings (SSSR count). The molecule has 4 amide bonds. The first-order valence-corrected chi connectivity index (χ1v) is 29.3. The minimum Gasteiger partial charge on any atom is -0.444 e. The van der Waals surface area contributed by atoms with E-state index in [0.717, 1.165) is 69.6 Å². The summed E-state index contributed by atoms with van der Waals surface area (Å²) in [5, 5.41) is 23.0. The quantitative estimate of drug-likeness (QED) is 0.0163. The number of benzene rings is 4. The van der Waals surface area contributed by atoms with Gasteiger partial charge >= 0.3 is 12.2 Å². The highest BCUT2D eigenvalue weighted by molar-refractivity contribution is 6.15. The number of amides is 4. The second-order valence-corrected chi connectivity index (χ2v) is 22.8. The van der Waals surface area contributed by atoms with Crippen LogP contribution in [0.4, 0.5) is 56.7 Å². The molecule has 0 atom stereocenters. The lowest BCUT2D eigenvalue weighted by atomic mass is 10.0. The number of nitrogens with two attached hydrogens (primary N) is 4. The maximum absolute atomic E-state index is 14.0. The molecule has 0 saturated heterocycles. The van der Waals surface area contributed by atoms with Gasteiger partial charge in [-0.3, -0.25) is 9.59 Å². The zero-order valence-electron chi connectivity index (χ0n) is 50.3. The monoisotopic (exact) mass is 1190 g/mol. The highest BCUT2D eigenvalue weighted by Crippen LogP contribution is 2.34. The Morgan fingerprint density at radius 1 is 0.402 bits per heavy atom. The number of para-hydroxylation sites is 4. The zero-order chi connectivity index (χ0) is 62.1. The Labute approximate surface area is 505 Å². The van der Waals surface area contributed by atoms with Gasteiger partial charge in [-0.1, -0.05) is 60.7 Å². The smallest absolute Gasteiger partial charge is 0.410 e. The van der Waals surface area contributed by atoms with Crippen LogP contribution in [0.15, 0.2) is 84.9 Å². The Balaban J connectivity index is 0.852. The number of anilines is 8. The minimum atomic E-state index is -0.771. The van der Waals surface area contributed by atoms with Crippen molar-refractivity contribution in [2.45, 2.75) is 97.7 Å². The van der Waals surface area contributed by atoms with Gasteiger partial charge in [-0.2, -0.15) is 29.9 Å². The number of rotatable bonds is 28. The van der Waals surface area contributed by atoms with Crippen LogP contribution in [-0.4, -0.2) is 150 Å². The summed E-state index contributed by atoms with van der Waals surface area (Å²) in [6.07, 6.45) is 3.37. The number of nitrogens with zero attached hydrogens (tertiary/aromatic N) is 10. The Morgan fingerprint density at radius 3 is 1.13 bits per heavy atom. The van der Waals surface area contributed by atoms with Crippen molar-refractivity contribution in [2.75, 3.05) is 110 Å². The molecule has 0 saturated carbocycles. The number of hydrogen-bond acceptors (Lipinski definition) is 22. The lowest BCUT2D eigenvalue weighted by molar-refractivity contribution is 0.0203. The molecule has 26 heteroatoms. The molecule has 4 heterocycles. The van der Waals surface area contributed by atoms with Crippen molar-refractivity contribution >= 4 is 115 Å². The van der Waals surface area contributed by atoms with E-state index in [9.17, 15) is 19.2 Å². The number of nitrogen functional groups attached to an aromatic ring is 4. The average molecular weight is 1190 g/mol. The van der Waals surface area contributed by atoms with Gasteiger partial charge in [0.05, 0.1) is 44.6 Å². The normalized spacial score (nSPS) is 11.6. The van der Waals surface area contributed by atoms with E-state index >= 15 is 0 Å². The number of carbonyl (C=O) groups excluding carboxylic acids is 4. The van der Waals surface area contributed by atoms with E-state index in [-0.39, 0.29) is 74.9 Å². The Bertz CT molecular complexity index is 3430. The zero-order valence-corrected chi connectivity index (χ0v) is 50.3. The van der Waals surface area contributed by atoms with Crippen molar-refractivity contribution < 1.29 is 28.7 Å². The molecule has 4 aromatic carbocycles. The molecule has 0 bridgehead atoms. The molecule has 0 aliphatic carbocycles. The lowest BCUT2D eigenvalue weighted by Crippen LogP contribution is -2.42. The topological polar surface area (TPSA) is 373 Å². The van der Waals surface area contributed by atoms with Gasteiger partial charge in [-0.25, -0.2) is 19.6 Å². The molecule has 87 heavy (non-hydrogen) atoms. The molecule has 8 aromatic rings. The van der Waals surface area contributed by atoms with Crippen LogP contribution >= 0.6 is 0 Å². The summed E-state index contributed by atoms with van der Waals surface area (Å²) in [6.45, 7) is 14.8. The van der Waals surface area contributed by atoms with E-state index in [2.05, 4.69) is 61.8 Å². The van der Waals surface area contributed by atoms with Gasteiger partial charge in [0.1, 0.15) is 11.2 Å². The highest BCUT2D eigenvalue weighted by Gasteiger charge is 2.26. The van der Waals surface area contributed by atoms with Crippen LogP contribution in [0.25, 0.3) is 43.6 Å². The standard InChI is InChI=1S/C61H80N20O6/c1-60(2,3)86-58(84)80(34-17-32-68-50(82)42-24-15-22-40-46(38-20-7-9-26-44(38)72-48(40)42)66-28-11-13-30-70-56-76-52(62)74-53(63)77-56)36-19-37-81(59(85)87-61(4,5)6)35-18-33-69-51(83)43-25-16-23-41-47(39-21-8-10-27-45(39)73-49(41)43)67-29-12-14-31-71-57-78-54(64)75-55(65)79-57/h7-10,15-16,20-27H,11-14,17-19,28-37H2,1-6H3,(H,66,72)(H,67,73)(H,68,82)(H,69,83)(H5,62,63,70,74,76,77)(H5,64,65,71,75,78,79). The SMILES string of the molecule is CC(C)(C)OC(=O)N(CCCNC(=O)c1cccc2c(NCCCCNc3nc(N)nc(N)n3)c3ccccc3nc12)CCCN(CCCNC(=O)c1cccc2c(NCCCCNc3nc(N)nc(N)n3)c3ccccc3nc12)C(=O)OC(C)(C)C. The van der Waals surface area contributed by atoms with Crippen molar-refractivity contribution in [3.05, 3.63) is 96.1 Å². The third kappa shape index (κ3) is 18.1. The second-order valence-electron chi connectivity index (χ2n) is 22.8. The van der Waals surface area contributed by atoms with Crippen LogP contribution < -0.4 is 54.8 Å². The number of pyridine rings is 2. The van der Waals surface area contributed by atoms with Crippen molar-refractivity contribution in [3.8, 4) is 0 Å². The molecule has 0 aliphatic rings. The van der Waals surface area contributed by atoms with Gasteiger partial charge in [0.25, 0.3) is 11.8 Å². The van der Waals surface area contributed by atoms with Gasteiger partial charge in [0.2, 0.25) is 35.7 Å². The van der Waals surface area contributed by atoms with Gasteiger partial charge in [0.15, 0.2) is 0 Å². The number of hydrogen-bond donors (Lipinski definition) is 10. The van der Waals surface area contributed by atoms with Crippen LogP contribution in [0.3, 0.4) is 0 Å². The summed E-state index contributed by atoms with van der Waals surface area (Å²) in [7, 11) is 0. The Hall–Kier alpha value is -9.88. The molecule has 14 N–H and O–H groups in total. The second kappa shape index (κ2) is 29.3. The van der Waals surface area contributed by atoms with Crippen LogP contribution in [0, 0.1) is 0 Å². The van der Waals surface area contributed by atoms with Crippen molar-refractivity contribution in [2.24, 2.45) is 0 Å². The molecule has 0 radical (unpaired) electrons. The third-order valence-electron chi connectivity index (χ3n) is 13.6. The van der Waals surface area contributed by atoms with E-state index in [4.69, 9.17) is 42.4 Å². The molecule has 460 valence electrons. The van der Waals surface area contributed by atoms with E-state index < -0.39 is 23.4 Å². The summed E-state index contributed by atoms with van der Waals surface area (Å²) in [5.41, 5.74) is 26.4. The van der Waals surface area contributed by atoms with E-state index in [1.165, 1.54) is 0 Å². The first-order valence-electron chi connectivity index (χ1n) is 29.3. The molecule has 26 nitrogen and oxygen atoms in total. The summed E-state index contributed by atoms with van der Waals surface area (Å²) < 4.78 is 11.7. The van der Waals surface area contributed by atoms with E-state index in [1.807, 2.05) is 72.8 Å². The van der Waals surface area contributed by atoms with E-state index in [1.54, 1.807) is 63.5 Å². The molecule has 0 fully saturated rings. The van der Waals surface area contributed by atoms with Crippen molar-refractivity contribution in [3.63, 3.8) is 0 Å². The number of carbonyl (C=O) groups is 4. The first kappa shape index (κ1) is 63.1. The Kier molecular flexibility index (Phi) is 21.3. The summed E-state index contributed by atoms with van der Waals surface area (Å²) in [4.78, 5) is 92.4. The van der Waals surface area contributed by atoms with Crippen molar-refractivity contribution in [1.29, 1.82) is 0 Å². The fourth-order valence-corrected chi connectivity index (χ4v) is 9.71. The number of ether oxygens (including phenoxy) is 2. The summed E-state index contributed by atoms with van der Waals surface area (Å²) in [5.74, 6) is 0.230. The Morgan fingerprint density at radius 2 is 0.747 bits per heavy atom. The van der Waals surface area contributed by atoms with Gasteiger partial charge in [0, 0.05) is 87.0 Å². The van der Waals surface area contributed by atoms with Gasteiger partial charge in [-0.15, -0.1) is 0 Å². The predicted molar refractivity (Wildman–Crippen MR) is 342 cm³/mol. The number of nitrogens with one attached hydrogen (secondary N) is 6. The van der Waals surface area contributed by atoms with Gasteiger partial charge < -0.3 is 74.1 Å². The predicted octanol–water partition coefficient (Wildman–Crippen LogP) is 8.20. The van der Waals surface area contributed by atoms with E-state index in [0.29, 0.717) is 79.5 Å². The molecule has 0 unspecified atom stereocenters. The molecule has 0 spiro atoms. The first-order chi connectivity index (χ1) is 41.7. The fraction of sp³-hybridized carbons (Fsp3) is 0.410. The summed E-state index contributed by atoms with van der Waals surface area (Å²) in [6, 6.07) is 26.7. The van der Waals surface area contributed by atoms with Crippen LogP contribution in [0.5, 0.6) is 0 Å². The summed E-state index contributed by atoms with van der Waals surface area (Å²) >= 11 is 0. The molecular formula is C61H80N20O6. The minimum absolute atomic E-state index is 0.0489. The number of aromatic nitrogens is 8. The largest absolute Gasteiger partial charge is 0.444 e. The van der Waals surface area contributed by atoms with Gasteiger partial charge in [-0.05, 0) is 111 Å². The lowest BCUT2D eigenvalue weighted by Gasteiger charge is -2.30. The number of fused-ring (bicyclic) bond motifs is 4. The highest BCUT2D eigenvalue weighted by atomic mass is 16.6. The molecule has 4 aromatic heterocycles. The average Bonchev–Trinajstić information content (AvgIpc) is 0.983. The number of unbranched alkanes of at least 4 members (excludes halogenated alkanes) is 2.